The van der Waals surface area contributed by atoms with E-state index >= 15 is 0 Å². The molecule has 144 valence electrons. The van der Waals surface area contributed by atoms with E-state index in [4.69, 9.17) is 4.74 Å². The molecule has 0 atom stereocenters. The summed E-state index contributed by atoms with van der Waals surface area (Å²) >= 11 is 0. The van der Waals surface area contributed by atoms with E-state index in [2.05, 4.69) is 10.1 Å². The molecule has 0 aliphatic carbocycles. The standard InChI is InChI=1S/C21H22N4O3/c1-13(2)25-20-18(12-22-25)17(10-14(3)23-20)21(27)28-16-7-4-6-15(11-16)24-9-5-8-19(24)26/h4,6-7,10-13H,5,8-9H2,1-3H3. The SMILES string of the molecule is Cc1cc(C(=O)Oc2cccc(N3CCCC3=O)c2)c2cnn(C(C)C)c2n1. The van der Waals surface area contributed by atoms with Crippen LogP contribution >= 0.6 is 0 Å². The number of hydrogen-bond acceptors (Lipinski definition) is 5. The molecule has 0 spiro atoms. The lowest BCUT2D eigenvalue weighted by molar-refractivity contribution is -0.117. The van der Waals surface area contributed by atoms with Crippen LogP contribution in [0.4, 0.5) is 5.69 Å². The number of hydrogen-bond donors (Lipinski definition) is 0. The van der Waals surface area contributed by atoms with Gasteiger partial charge in [-0.1, -0.05) is 6.07 Å². The Labute approximate surface area is 162 Å². The smallest absolute Gasteiger partial charge is 0.344 e. The summed E-state index contributed by atoms with van der Waals surface area (Å²) in [7, 11) is 0. The zero-order valence-electron chi connectivity index (χ0n) is 16.2. The van der Waals surface area contributed by atoms with Crippen molar-refractivity contribution in [2.24, 2.45) is 0 Å². The van der Waals surface area contributed by atoms with Crippen LogP contribution in [0.15, 0.2) is 36.5 Å². The molecular formula is C21H22N4O3. The van der Waals surface area contributed by atoms with E-state index in [1.165, 1.54) is 0 Å². The lowest BCUT2D eigenvalue weighted by atomic mass is 10.1. The van der Waals surface area contributed by atoms with E-state index in [0.717, 1.165) is 17.8 Å². The molecule has 2 aromatic heterocycles. The highest BCUT2D eigenvalue weighted by Gasteiger charge is 2.23. The van der Waals surface area contributed by atoms with Crippen molar-refractivity contribution >= 4 is 28.6 Å². The summed E-state index contributed by atoms with van der Waals surface area (Å²) in [5, 5.41) is 5.03. The Morgan fingerprint density at radius 2 is 2.07 bits per heavy atom. The van der Waals surface area contributed by atoms with Crippen LogP contribution in [0.5, 0.6) is 5.75 Å². The maximum atomic E-state index is 12.9. The van der Waals surface area contributed by atoms with Crippen molar-refractivity contribution in [2.45, 2.75) is 39.7 Å². The lowest BCUT2D eigenvalue weighted by Gasteiger charge is -2.16. The largest absolute Gasteiger partial charge is 0.423 e. The number of ether oxygens (including phenoxy) is 1. The van der Waals surface area contributed by atoms with Gasteiger partial charge in [0.1, 0.15) is 5.75 Å². The minimum atomic E-state index is -0.469. The molecule has 1 fully saturated rings. The van der Waals surface area contributed by atoms with Crippen molar-refractivity contribution in [3.05, 3.63) is 47.8 Å². The fourth-order valence-electron chi connectivity index (χ4n) is 3.49. The number of rotatable bonds is 4. The van der Waals surface area contributed by atoms with E-state index in [-0.39, 0.29) is 11.9 Å². The maximum Gasteiger partial charge on any atom is 0.344 e. The normalized spacial score (nSPS) is 14.3. The van der Waals surface area contributed by atoms with Crippen molar-refractivity contribution in [1.29, 1.82) is 0 Å². The van der Waals surface area contributed by atoms with E-state index in [0.29, 0.717) is 35.3 Å². The molecule has 7 nitrogen and oxygen atoms in total. The number of carbonyl (C=O) groups is 2. The Morgan fingerprint density at radius 3 is 2.79 bits per heavy atom. The molecule has 1 aromatic carbocycles. The van der Waals surface area contributed by atoms with E-state index in [9.17, 15) is 9.59 Å². The van der Waals surface area contributed by atoms with Crippen LogP contribution in [-0.2, 0) is 4.79 Å². The van der Waals surface area contributed by atoms with Crippen LogP contribution in [0.1, 0.15) is 48.8 Å². The fourth-order valence-corrected chi connectivity index (χ4v) is 3.49. The molecular weight excluding hydrogens is 356 g/mol. The van der Waals surface area contributed by atoms with Crippen molar-refractivity contribution in [1.82, 2.24) is 14.8 Å². The lowest BCUT2D eigenvalue weighted by Crippen LogP contribution is -2.23. The predicted octanol–water partition coefficient (Wildman–Crippen LogP) is 3.67. The average molecular weight is 378 g/mol. The number of fused-ring (bicyclic) bond motifs is 1. The number of esters is 1. The summed E-state index contributed by atoms with van der Waals surface area (Å²) in [5.74, 6) is 0.0285. The van der Waals surface area contributed by atoms with Crippen molar-refractivity contribution < 1.29 is 14.3 Å². The Bertz CT molecular complexity index is 1070. The summed E-state index contributed by atoms with van der Waals surface area (Å²) in [6.07, 6.45) is 3.05. The van der Waals surface area contributed by atoms with Gasteiger partial charge in [0.2, 0.25) is 5.91 Å². The van der Waals surface area contributed by atoms with Crippen LogP contribution in [0.3, 0.4) is 0 Å². The summed E-state index contributed by atoms with van der Waals surface area (Å²) in [4.78, 5) is 31.1. The first-order valence-corrected chi connectivity index (χ1v) is 9.41. The summed E-state index contributed by atoms with van der Waals surface area (Å²) in [6, 6.07) is 8.92. The first-order valence-electron chi connectivity index (χ1n) is 9.41. The predicted molar refractivity (Wildman–Crippen MR) is 106 cm³/mol. The zero-order valence-corrected chi connectivity index (χ0v) is 16.2. The molecule has 4 rings (SSSR count). The molecule has 0 bridgehead atoms. The number of nitrogens with zero attached hydrogens (tertiary/aromatic N) is 4. The van der Waals surface area contributed by atoms with Crippen LogP contribution in [0.2, 0.25) is 0 Å². The number of carbonyl (C=O) groups excluding carboxylic acids is 2. The molecule has 0 saturated carbocycles. The molecule has 7 heteroatoms. The number of amides is 1. The average Bonchev–Trinajstić information content (AvgIpc) is 3.27. The number of aromatic nitrogens is 3. The highest BCUT2D eigenvalue weighted by atomic mass is 16.5. The first-order chi connectivity index (χ1) is 13.4. The number of pyridine rings is 1. The van der Waals surface area contributed by atoms with Gasteiger partial charge >= 0.3 is 5.97 Å². The highest BCUT2D eigenvalue weighted by Crippen LogP contribution is 2.27. The Balaban J connectivity index is 1.65. The van der Waals surface area contributed by atoms with Gasteiger partial charge in [-0.25, -0.2) is 14.5 Å². The first kappa shape index (κ1) is 18.2. The van der Waals surface area contributed by atoms with Crippen LogP contribution in [0, 0.1) is 6.92 Å². The van der Waals surface area contributed by atoms with Gasteiger partial charge in [0, 0.05) is 36.5 Å². The van der Waals surface area contributed by atoms with E-state index in [1.807, 2.05) is 26.8 Å². The molecule has 1 aliphatic rings. The fraction of sp³-hybridized carbons (Fsp3) is 0.333. The number of aryl methyl sites for hydroxylation is 1. The second kappa shape index (κ2) is 7.07. The summed E-state index contributed by atoms with van der Waals surface area (Å²) < 4.78 is 7.42. The zero-order chi connectivity index (χ0) is 19.8. The van der Waals surface area contributed by atoms with Gasteiger partial charge in [-0.15, -0.1) is 0 Å². The van der Waals surface area contributed by atoms with Crippen LogP contribution in [-0.4, -0.2) is 33.2 Å². The third kappa shape index (κ3) is 3.24. The topological polar surface area (TPSA) is 77.3 Å². The van der Waals surface area contributed by atoms with Crippen LogP contribution in [0.25, 0.3) is 11.0 Å². The van der Waals surface area contributed by atoms with Crippen molar-refractivity contribution in [2.75, 3.05) is 11.4 Å². The summed E-state index contributed by atoms with van der Waals surface area (Å²) in [6.45, 7) is 6.56. The molecule has 3 aromatic rings. The number of anilines is 1. The second-order valence-corrected chi connectivity index (χ2v) is 7.27. The molecule has 1 saturated heterocycles. The minimum absolute atomic E-state index is 0.0936. The molecule has 28 heavy (non-hydrogen) atoms. The third-order valence-electron chi connectivity index (χ3n) is 4.82. The van der Waals surface area contributed by atoms with Gasteiger partial charge in [0.05, 0.1) is 17.1 Å². The van der Waals surface area contributed by atoms with Gasteiger partial charge in [-0.05, 0) is 45.4 Å². The van der Waals surface area contributed by atoms with Gasteiger partial charge in [0.25, 0.3) is 0 Å². The van der Waals surface area contributed by atoms with E-state index in [1.54, 1.807) is 40.0 Å². The van der Waals surface area contributed by atoms with Crippen LogP contribution < -0.4 is 9.64 Å². The minimum Gasteiger partial charge on any atom is -0.423 e. The monoisotopic (exact) mass is 378 g/mol. The second-order valence-electron chi connectivity index (χ2n) is 7.27. The maximum absolute atomic E-state index is 12.9. The van der Waals surface area contributed by atoms with Crippen molar-refractivity contribution in [3.63, 3.8) is 0 Å². The Morgan fingerprint density at radius 1 is 1.25 bits per heavy atom. The van der Waals surface area contributed by atoms with E-state index < -0.39 is 5.97 Å². The van der Waals surface area contributed by atoms with Gasteiger partial charge in [-0.2, -0.15) is 5.10 Å². The highest BCUT2D eigenvalue weighted by molar-refractivity contribution is 6.03. The quantitative estimate of drug-likeness (QED) is 0.511. The number of benzene rings is 1. The molecule has 1 aliphatic heterocycles. The molecule has 1 amide bonds. The molecule has 0 N–H and O–H groups in total. The van der Waals surface area contributed by atoms with Gasteiger partial charge < -0.3 is 9.64 Å². The van der Waals surface area contributed by atoms with Gasteiger partial charge in [-0.3, -0.25) is 4.79 Å². The Hall–Kier alpha value is -3.22. The summed E-state index contributed by atoms with van der Waals surface area (Å²) in [5.41, 5.74) is 2.56. The Kier molecular flexibility index (Phi) is 4.58. The molecule has 3 heterocycles. The molecule has 0 radical (unpaired) electrons. The molecule has 0 unspecified atom stereocenters. The van der Waals surface area contributed by atoms with Gasteiger partial charge in [0.15, 0.2) is 5.65 Å². The third-order valence-corrected chi connectivity index (χ3v) is 4.82. The van der Waals surface area contributed by atoms with Crippen molar-refractivity contribution in [3.8, 4) is 5.75 Å².